The number of nitrogens with zero attached hydrogens (tertiary/aromatic N) is 1. The standard InChI is InChI=1S/C20H36N2O3/c1-7-15(3)21-18(24)16-13-25-20(10-8-14(2)9-11-20)22(16)17(23)12-19(4,5)6/h14-16H,7-13H2,1-6H3,(H,21,24)/t14?,15-,16-,20?/m1/s1. The van der Waals surface area contributed by atoms with Gasteiger partial charge in [-0.3, -0.25) is 14.5 Å². The fourth-order valence-corrected chi connectivity index (χ4v) is 3.83. The molecular formula is C20H36N2O3. The lowest BCUT2D eigenvalue weighted by molar-refractivity contribution is -0.163. The van der Waals surface area contributed by atoms with Gasteiger partial charge < -0.3 is 10.1 Å². The number of carbonyl (C=O) groups is 2. The summed E-state index contributed by atoms with van der Waals surface area (Å²) in [6, 6.07) is -0.396. The molecule has 2 amide bonds. The molecule has 2 fully saturated rings. The Bertz CT molecular complexity index is 490. The highest BCUT2D eigenvalue weighted by Gasteiger charge is 2.53. The predicted octanol–water partition coefficient (Wildman–Crippen LogP) is 3.47. The highest BCUT2D eigenvalue weighted by Crippen LogP contribution is 2.43. The maximum Gasteiger partial charge on any atom is 0.245 e. The van der Waals surface area contributed by atoms with Crippen LogP contribution in [0.2, 0.25) is 0 Å². The van der Waals surface area contributed by atoms with Gasteiger partial charge in [-0.15, -0.1) is 0 Å². The lowest BCUT2D eigenvalue weighted by Crippen LogP contribution is -2.57. The van der Waals surface area contributed by atoms with Crippen LogP contribution in [0.1, 0.15) is 80.1 Å². The smallest absolute Gasteiger partial charge is 0.245 e. The van der Waals surface area contributed by atoms with Gasteiger partial charge in [-0.25, -0.2) is 0 Å². The molecule has 25 heavy (non-hydrogen) atoms. The number of nitrogens with one attached hydrogen (secondary N) is 1. The number of hydrogen-bond donors (Lipinski definition) is 1. The van der Waals surface area contributed by atoms with E-state index >= 15 is 0 Å². The zero-order valence-electron chi connectivity index (χ0n) is 16.9. The molecule has 0 bridgehead atoms. The Balaban J connectivity index is 2.24. The van der Waals surface area contributed by atoms with Crippen LogP contribution in [0.3, 0.4) is 0 Å². The van der Waals surface area contributed by atoms with Crippen LogP contribution in [-0.2, 0) is 14.3 Å². The molecule has 0 aromatic rings. The molecule has 1 N–H and O–H groups in total. The topological polar surface area (TPSA) is 58.6 Å². The Kier molecular flexibility index (Phi) is 6.18. The lowest BCUT2D eigenvalue weighted by atomic mass is 9.82. The molecule has 2 atom stereocenters. The van der Waals surface area contributed by atoms with Crippen LogP contribution in [0.5, 0.6) is 0 Å². The van der Waals surface area contributed by atoms with Gasteiger partial charge in [0.25, 0.3) is 0 Å². The average molecular weight is 353 g/mol. The second kappa shape index (κ2) is 7.65. The third-order valence-electron chi connectivity index (χ3n) is 5.57. The predicted molar refractivity (Wildman–Crippen MR) is 98.9 cm³/mol. The second-order valence-electron chi connectivity index (χ2n) is 9.27. The Labute approximate surface area is 152 Å². The summed E-state index contributed by atoms with van der Waals surface area (Å²) in [5.74, 6) is 0.623. The van der Waals surface area contributed by atoms with Crippen LogP contribution in [0.15, 0.2) is 0 Å². The molecule has 1 saturated carbocycles. The molecular weight excluding hydrogens is 316 g/mol. The number of hydrogen-bond acceptors (Lipinski definition) is 3. The first-order valence-electron chi connectivity index (χ1n) is 9.84. The molecule has 0 aromatic carbocycles. The van der Waals surface area contributed by atoms with Crippen LogP contribution < -0.4 is 5.32 Å². The largest absolute Gasteiger partial charge is 0.353 e. The molecule has 2 rings (SSSR count). The normalized spacial score (nSPS) is 31.2. The number of ether oxygens (including phenoxy) is 1. The molecule has 1 spiro atoms. The molecule has 2 aliphatic rings. The van der Waals surface area contributed by atoms with Crippen molar-refractivity contribution < 1.29 is 14.3 Å². The van der Waals surface area contributed by atoms with Gasteiger partial charge in [0.15, 0.2) is 0 Å². The van der Waals surface area contributed by atoms with Gasteiger partial charge in [0, 0.05) is 12.5 Å². The molecule has 144 valence electrons. The molecule has 0 unspecified atom stereocenters. The van der Waals surface area contributed by atoms with E-state index in [1.807, 2.05) is 18.7 Å². The van der Waals surface area contributed by atoms with E-state index in [1.54, 1.807) is 0 Å². The minimum absolute atomic E-state index is 0.0452. The van der Waals surface area contributed by atoms with Crippen LogP contribution in [0.4, 0.5) is 0 Å². The third kappa shape index (κ3) is 4.75. The highest BCUT2D eigenvalue weighted by molar-refractivity contribution is 5.89. The van der Waals surface area contributed by atoms with Crippen molar-refractivity contribution in [3.05, 3.63) is 0 Å². The van der Waals surface area contributed by atoms with Crippen molar-refractivity contribution in [2.45, 2.75) is 97.9 Å². The van der Waals surface area contributed by atoms with Crippen molar-refractivity contribution in [3.8, 4) is 0 Å². The quantitative estimate of drug-likeness (QED) is 0.843. The summed E-state index contributed by atoms with van der Waals surface area (Å²) < 4.78 is 6.17. The van der Waals surface area contributed by atoms with Crippen molar-refractivity contribution in [1.29, 1.82) is 0 Å². The highest BCUT2D eigenvalue weighted by atomic mass is 16.5. The van der Waals surface area contributed by atoms with Crippen molar-refractivity contribution in [2.24, 2.45) is 11.3 Å². The van der Waals surface area contributed by atoms with Crippen molar-refractivity contribution in [1.82, 2.24) is 10.2 Å². The SMILES string of the molecule is CC[C@@H](C)NC(=O)[C@H]1COC2(CCC(C)CC2)N1C(=O)CC(C)(C)C. The van der Waals surface area contributed by atoms with E-state index in [4.69, 9.17) is 4.74 Å². The number of amides is 2. The molecule has 1 aliphatic heterocycles. The Morgan fingerprint density at radius 3 is 2.40 bits per heavy atom. The molecule has 5 nitrogen and oxygen atoms in total. The van der Waals surface area contributed by atoms with E-state index in [1.165, 1.54) is 0 Å². The average Bonchev–Trinajstić information content (AvgIpc) is 2.88. The summed E-state index contributed by atoms with van der Waals surface area (Å²) in [6.07, 6.45) is 5.05. The van der Waals surface area contributed by atoms with Crippen molar-refractivity contribution >= 4 is 11.8 Å². The maximum atomic E-state index is 13.2. The molecule has 0 aromatic heterocycles. The maximum absolute atomic E-state index is 13.2. The summed E-state index contributed by atoms with van der Waals surface area (Å²) >= 11 is 0. The summed E-state index contributed by atoms with van der Waals surface area (Å²) in [6.45, 7) is 12.8. The monoisotopic (exact) mass is 352 g/mol. The first-order chi connectivity index (χ1) is 11.6. The van der Waals surface area contributed by atoms with Crippen molar-refractivity contribution in [2.75, 3.05) is 6.61 Å². The molecule has 1 saturated heterocycles. The lowest BCUT2D eigenvalue weighted by Gasteiger charge is -2.43. The van der Waals surface area contributed by atoms with Gasteiger partial charge in [-0.2, -0.15) is 0 Å². The van der Waals surface area contributed by atoms with Crippen LogP contribution in [0.25, 0.3) is 0 Å². The van der Waals surface area contributed by atoms with E-state index in [0.29, 0.717) is 18.9 Å². The Hall–Kier alpha value is -1.10. The minimum atomic E-state index is -0.577. The fraction of sp³-hybridized carbons (Fsp3) is 0.900. The Morgan fingerprint density at radius 1 is 1.28 bits per heavy atom. The second-order valence-corrected chi connectivity index (χ2v) is 9.27. The first kappa shape index (κ1) is 20.2. The summed E-state index contributed by atoms with van der Waals surface area (Å²) in [4.78, 5) is 27.8. The summed E-state index contributed by atoms with van der Waals surface area (Å²) in [7, 11) is 0. The number of carbonyl (C=O) groups excluding carboxylic acids is 2. The van der Waals surface area contributed by atoms with E-state index in [9.17, 15) is 9.59 Å². The van der Waals surface area contributed by atoms with Crippen LogP contribution in [0, 0.1) is 11.3 Å². The summed E-state index contributed by atoms with van der Waals surface area (Å²) in [5.41, 5.74) is -0.688. The van der Waals surface area contributed by atoms with Crippen molar-refractivity contribution in [3.63, 3.8) is 0 Å². The van der Waals surface area contributed by atoms with Gasteiger partial charge >= 0.3 is 0 Å². The zero-order chi connectivity index (χ0) is 18.8. The van der Waals surface area contributed by atoms with E-state index in [0.717, 1.165) is 32.1 Å². The van der Waals surface area contributed by atoms with E-state index in [-0.39, 0.29) is 23.3 Å². The number of rotatable bonds is 4. The molecule has 0 radical (unpaired) electrons. The van der Waals surface area contributed by atoms with Gasteiger partial charge in [-0.1, -0.05) is 34.6 Å². The third-order valence-corrected chi connectivity index (χ3v) is 5.57. The minimum Gasteiger partial charge on any atom is -0.353 e. The van der Waals surface area contributed by atoms with Gasteiger partial charge in [0.05, 0.1) is 6.61 Å². The Morgan fingerprint density at radius 2 is 1.88 bits per heavy atom. The fourth-order valence-electron chi connectivity index (χ4n) is 3.83. The van der Waals surface area contributed by atoms with Gasteiger partial charge in [0.2, 0.25) is 11.8 Å². The van der Waals surface area contributed by atoms with E-state index < -0.39 is 11.8 Å². The zero-order valence-corrected chi connectivity index (χ0v) is 16.9. The first-order valence-corrected chi connectivity index (χ1v) is 9.84. The molecule has 1 heterocycles. The molecule has 5 heteroatoms. The van der Waals surface area contributed by atoms with Gasteiger partial charge in [0.1, 0.15) is 11.8 Å². The summed E-state index contributed by atoms with van der Waals surface area (Å²) in [5, 5.41) is 3.04. The van der Waals surface area contributed by atoms with Crippen LogP contribution >= 0.6 is 0 Å². The van der Waals surface area contributed by atoms with Gasteiger partial charge in [-0.05, 0) is 50.4 Å². The molecule has 1 aliphatic carbocycles. The van der Waals surface area contributed by atoms with Crippen LogP contribution in [-0.4, -0.2) is 41.1 Å². The van der Waals surface area contributed by atoms with E-state index in [2.05, 4.69) is 33.0 Å².